The van der Waals surface area contributed by atoms with Crippen LogP contribution < -0.4 is 0 Å². The van der Waals surface area contributed by atoms with Crippen molar-refractivity contribution in [2.45, 2.75) is 25.8 Å². The Bertz CT molecular complexity index is 908. The second kappa shape index (κ2) is 6.97. The predicted octanol–water partition coefficient (Wildman–Crippen LogP) is 6.75. The van der Waals surface area contributed by atoms with E-state index >= 15 is 0 Å². The van der Waals surface area contributed by atoms with Crippen LogP contribution in [0.15, 0.2) is 82.3 Å². The van der Waals surface area contributed by atoms with E-state index < -0.39 is 0 Å². The van der Waals surface area contributed by atoms with Crippen LogP contribution in [0.1, 0.15) is 35.6 Å². The Morgan fingerprint density at radius 2 is 1.48 bits per heavy atom. The van der Waals surface area contributed by atoms with Crippen LogP contribution in [0.5, 0.6) is 0 Å². The second-order valence-corrected chi connectivity index (χ2v) is 7.49. The molecule has 0 fully saturated rings. The zero-order valence-electron chi connectivity index (χ0n) is 14.2. The largest absolute Gasteiger partial charge is 0.281 e. The molecule has 0 bridgehead atoms. The van der Waals surface area contributed by atoms with Crippen LogP contribution in [-0.4, -0.2) is 5.71 Å². The molecule has 0 saturated heterocycles. The van der Waals surface area contributed by atoms with Gasteiger partial charge in [-0.25, -0.2) is 0 Å². The van der Waals surface area contributed by atoms with E-state index in [9.17, 15) is 0 Å². The molecule has 25 heavy (non-hydrogen) atoms. The average molecular weight is 390 g/mol. The maximum atomic E-state index is 5.01. The van der Waals surface area contributed by atoms with Gasteiger partial charge in [0.05, 0.1) is 6.04 Å². The molecule has 0 spiro atoms. The average Bonchev–Trinajstić information content (AvgIpc) is 3.13. The summed E-state index contributed by atoms with van der Waals surface area (Å²) in [7, 11) is 0. The fourth-order valence-corrected chi connectivity index (χ4v) is 3.74. The number of hydrogen-bond acceptors (Lipinski definition) is 1. The fraction of sp³-hybridized carbons (Fsp3) is 0.174. The molecule has 1 nitrogen and oxygen atoms in total. The quantitative estimate of drug-likeness (QED) is 0.469. The third kappa shape index (κ3) is 3.45. The maximum absolute atomic E-state index is 5.01. The predicted molar refractivity (Wildman–Crippen MR) is 109 cm³/mol. The smallest absolute Gasteiger partial charge is 0.0756 e. The van der Waals surface area contributed by atoms with Gasteiger partial charge in [-0.05, 0) is 59.7 Å². The first-order chi connectivity index (χ1) is 12.2. The Kier molecular flexibility index (Phi) is 4.54. The third-order valence-corrected chi connectivity index (χ3v) is 5.42. The first kappa shape index (κ1) is 16.3. The van der Waals surface area contributed by atoms with Crippen LogP contribution in [0.25, 0.3) is 11.1 Å². The molecule has 2 heteroatoms. The number of benzene rings is 3. The van der Waals surface area contributed by atoms with E-state index in [0.717, 1.165) is 17.3 Å². The molecule has 1 heterocycles. The summed E-state index contributed by atoms with van der Waals surface area (Å²) in [6.07, 6.45) is 2.16. The van der Waals surface area contributed by atoms with Crippen molar-refractivity contribution in [3.05, 3.63) is 94.0 Å². The van der Waals surface area contributed by atoms with E-state index in [1.54, 1.807) is 0 Å². The highest BCUT2D eigenvalue weighted by molar-refractivity contribution is 9.10. The minimum atomic E-state index is 0.286. The molecule has 3 aromatic rings. The number of aliphatic imine (C=N–C) groups is 1. The Labute approximate surface area is 157 Å². The Hall–Kier alpha value is -2.19. The van der Waals surface area contributed by atoms with Crippen LogP contribution in [0.4, 0.5) is 0 Å². The number of aryl methyl sites for hydroxylation is 1. The first-order valence-electron chi connectivity index (χ1n) is 8.69. The molecule has 0 saturated carbocycles. The van der Waals surface area contributed by atoms with E-state index in [1.807, 2.05) is 0 Å². The van der Waals surface area contributed by atoms with Crippen molar-refractivity contribution in [1.29, 1.82) is 0 Å². The molecule has 1 aliphatic heterocycles. The summed E-state index contributed by atoms with van der Waals surface area (Å²) >= 11 is 3.49. The number of rotatable bonds is 3. The summed E-state index contributed by atoms with van der Waals surface area (Å²) in [6, 6.07) is 26.2. The molecule has 4 rings (SSSR count). The summed E-state index contributed by atoms with van der Waals surface area (Å²) < 4.78 is 1.11. The first-order valence-corrected chi connectivity index (χ1v) is 9.48. The van der Waals surface area contributed by atoms with Crippen molar-refractivity contribution in [2.24, 2.45) is 4.99 Å². The molecule has 0 aliphatic carbocycles. The van der Waals surface area contributed by atoms with Gasteiger partial charge in [0, 0.05) is 10.2 Å². The molecule has 0 aromatic heterocycles. The molecule has 0 amide bonds. The molecular formula is C23H20BrN. The van der Waals surface area contributed by atoms with Gasteiger partial charge in [0.25, 0.3) is 0 Å². The van der Waals surface area contributed by atoms with Gasteiger partial charge in [-0.2, -0.15) is 0 Å². The topological polar surface area (TPSA) is 12.4 Å². The molecule has 1 unspecified atom stereocenters. The standard InChI is InChI=1S/C23H20BrN/c1-16-4-2-3-5-21(16)23-15-14-22(25-23)19-8-6-17(7-9-19)18-10-12-20(24)13-11-18/h2-13,22H,14-15H2,1H3. The van der Waals surface area contributed by atoms with Crippen molar-refractivity contribution >= 4 is 21.6 Å². The van der Waals surface area contributed by atoms with Gasteiger partial charge in [-0.15, -0.1) is 0 Å². The molecule has 3 aromatic carbocycles. The minimum absolute atomic E-state index is 0.286. The van der Waals surface area contributed by atoms with Crippen molar-refractivity contribution in [1.82, 2.24) is 0 Å². The van der Waals surface area contributed by atoms with E-state index in [-0.39, 0.29) is 6.04 Å². The van der Waals surface area contributed by atoms with Gasteiger partial charge >= 0.3 is 0 Å². The minimum Gasteiger partial charge on any atom is -0.281 e. The lowest BCUT2D eigenvalue weighted by Crippen LogP contribution is -1.98. The third-order valence-electron chi connectivity index (χ3n) is 4.90. The lowest BCUT2D eigenvalue weighted by Gasteiger charge is -2.09. The van der Waals surface area contributed by atoms with Gasteiger partial charge in [-0.3, -0.25) is 4.99 Å². The van der Waals surface area contributed by atoms with Crippen molar-refractivity contribution < 1.29 is 0 Å². The van der Waals surface area contributed by atoms with Crippen molar-refractivity contribution in [3.8, 4) is 11.1 Å². The molecule has 1 aliphatic rings. The molecule has 0 N–H and O–H groups in total. The zero-order chi connectivity index (χ0) is 17.2. The van der Waals surface area contributed by atoms with Crippen molar-refractivity contribution in [3.63, 3.8) is 0 Å². The highest BCUT2D eigenvalue weighted by atomic mass is 79.9. The van der Waals surface area contributed by atoms with E-state index in [0.29, 0.717) is 0 Å². The summed E-state index contributed by atoms with van der Waals surface area (Å²) in [6.45, 7) is 2.16. The number of halogens is 1. The summed E-state index contributed by atoms with van der Waals surface area (Å²) in [5.74, 6) is 0. The Balaban J connectivity index is 1.57. The summed E-state index contributed by atoms with van der Waals surface area (Å²) in [5, 5.41) is 0. The van der Waals surface area contributed by atoms with Crippen LogP contribution in [-0.2, 0) is 0 Å². The van der Waals surface area contributed by atoms with E-state index in [4.69, 9.17) is 4.99 Å². The normalized spacial score (nSPS) is 16.7. The lowest BCUT2D eigenvalue weighted by molar-refractivity contribution is 0.723. The van der Waals surface area contributed by atoms with E-state index in [1.165, 1.54) is 33.5 Å². The van der Waals surface area contributed by atoms with Crippen LogP contribution in [0.2, 0.25) is 0 Å². The maximum Gasteiger partial charge on any atom is 0.0756 e. The molecule has 1 atom stereocenters. The fourth-order valence-electron chi connectivity index (χ4n) is 3.47. The monoisotopic (exact) mass is 389 g/mol. The van der Waals surface area contributed by atoms with Crippen LogP contribution in [0.3, 0.4) is 0 Å². The number of hydrogen-bond donors (Lipinski definition) is 0. The summed E-state index contributed by atoms with van der Waals surface area (Å²) in [5.41, 5.74) is 7.66. The van der Waals surface area contributed by atoms with Gasteiger partial charge in [-0.1, -0.05) is 76.6 Å². The second-order valence-electron chi connectivity index (χ2n) is 6.57. The van der Waals surface area contributed by atoms with Gasteiger partial charge in [0.1, 0.15) is 0 Å². The van der Waals surface area contributed by atoms with Gasteiger partial charge in [0.15, 0.2) is 0 Å². The van der Waals surface area contributed by atoms with Crippen LogP contribution in [0, 0.1) is 6.92 Å². The number of nitrogens with zero attached hydrogens (tertiary/aromatic N) is 1. The highest BCUT2D eigenvalue weighted by Gasteiger charge is 2.20. The SMILES string of the molecule is Cc1ccccc1C1=NC(c2ccc(-c3ccc(Br)cc3)cc2)CC1. The van der Waals surface area contributed by atoms with Gasteiger partial charge in [0.2, 0.25) is 0 Å². The van der Waals surface area contributed by atoms with E-state index in [2.05, 4.69) is 95.7 Å². The zero-order valence-corrected chi connectivity index (χ0v) is 15.8. The van der Waals surface area contributed by atoms with Crippen molar-refractivity contribution in [2.75, 3.05) is 0 Å². The summed E-state index contributed by atoms with van der Waals surface area (Å²) in [4.78, 5) is 5.01. The Morgan fingerprint density at radius 3 is 2.16 bits per heavy atom. The molecular weight excluding hydrogens is 370 g/mol. The van der Waals surface area contributed by atoms with Gasteiger partial charge < -0.3 is 0 Å². The lowest BCUT2D eigenvalue weighted by atomic mass is 9.99. The van der Waals surface area contributed by atoms with Crippen LogP contribution >= 0.6 is 15.9 Å². The highest BCUT2D eigenvalue weighted by Crippen LogP contribution is 2.33. The molecule has 0 radical (unpaired) electrons. The Morgan fingerprint density at radius 1 is 0.840 bits per heavy atom. The molecule has 124 valence electrons.